The third-order valence-corrected chi connectivity index (χ3v) is 9.02. The Labute approximate surface area is 315 Å². The molecule has 0 heterocycles. The van der Waals surface area contributed by atoms with Crippen molar-refractivity contribution >= 4 is 40.1 Å². The van der Waals surface area contributed by atoms with E-state index in [4.69, 9.17) is 14.2 Å². The second-order valence-corrected chi connectivity index (χ2v) is 14.0. The van der Waals surface area contributed by atoms with Gasteiger partial charge in [0.05, 0.1) is 43.0 Å². The Bertz CT molecular complexity index is 1610. The van der Waals surface area contributed by atoms with Crippen LogP contribution in [-0.2, 0) is 9.53 Å². The van der Waals surface area contributed by atoms with Gasteiger partial charge in [-0.05, 0) is 61.1 Å². The molecular weight excluding hydrogens is 672 g/mol. The van der Waals surface area contributed by atoms with Crippen LogP contribution in [-0.4, -0.2) is 44.8 Å². The standard InChI is InChI=1S/C41H58N6O6/c1-8-9-10-11-12-13-14-15-24-46(25-26-53-41(48)36(31(4)5)27-30(2)3)34-20-16-32(17-21-34)42-44-37-28-40(52-7)38(29-39(37)51-6)45-43-33-18-22-35(23-19-33)47(49)50/h16-23,28-31,36H,8-15,24-27H2,1-7H3/b44-42+,45-43+. The number of nitrogens with zero attached hydrogens (tertiary/aromatic N) is 6. The van der Waals surface area contributed by atoms with Crippen LogP contribution in [0.25, 0.3) is 0 Å². The molecule has 0 amide bonds. The summed E-state index contributed by atoms with van der Waals surface area (Å²) in [5.41, 5.74) is 2.95. The highest BCUT2D eigenvalue weighted by Gasteiger charge is 2.25. The van der Waals surface area contributed by atoms with Crippen LogP contribution in [0, 0.1) is 27.9 Å². The number of carbonyl (C=O) groups excluding carboxylic acids is 1. The Kier molecular flexibility index (Phi) is 18.4. The SMILES string of the molecule is CCCCCCCCCCN(CCOC(=O)C(CC(C)C)C(C)C)c1ccc(/N=N/c2cc(OC)c(/N=N/c3ccc([N+](=O)[O-])cc3)cc2OC)cc1. The van der Waals surface area contributed by atoms with E-state index in [2.05, 4.69) is 60.0 Å². The van der Waals surface area contributed by atoms with Crippen LogP contribution in [0.4, 0.5) is 34.1 Å². The Hall–Kier alpha value is -4.87. The Morgan fingerprint density at radius 1 is 0.736 bits per heavy atom. The average molecular weight is 731 g/mol. The monoisotopic (exact) mass is 730 g/mol. The van der Waals surface area contributed by atoms with Crippen LogP contribution in [0.1, 0.15) is 92.4 Å². The number of non-ortho nitro benzene ring substituents is 1. The zero-order valence-electron chi connectivity index (χ0n) is 32.6. The van der Waals surface area contributed by atoms with Crippen molar-refractivity contribution in [2.75, 3.05) is 38.8 Å². The van der Waals surface area contributed by atoms with Gasteiger partial charge in [0.2, 0.25) is 0 Å². The molecule has 3 aromatic rings. The molecule has 0 aromatic heterocycles. The molecule has 12 nitrogen and oxygen atoms in total. The molecule has 0 aliphatic heterocycles. The summed E-state index contributed by atoms with van der Waals surface area (Å²) in [4.78, 5) is 25.8. The maximum Gasteiger partial charge on any atom is 0.309 e. The number of benzene rings is 3. The van der Waals surface area contributed by atoms with Crippen molar-refractivity contribution in [3.05, 3.63) is 70.8 Å². The second-order valence-electron chi connectivity index (χ2n) is 14.0. The predicted molar refractivity (Wildman–Crippen MR) is 211 cm³/mol. The van der Waals surface area contributed by atoms with Crippen molar-refractivity contribution < 1.29 is 23.9 Å². The van der Waals surface area contributed by atoms with Crippen molar-refractivity contribution in [1.29, 1.82) is 0 Å². The molecule has 0 fully saturated rings. The lowest BCUT2D eigenvalue weighted by molar-refractivity contribution is -0.384. The predicted octanol–water partition coefficient (Wildman–Crippen LogP) is 12.3. The van der Waals surface area contributed by atoms with E-state index in [9.17, 15) is 14.9 Å². The quantitative estimate of drug-likeness (QED) is 0.0293. The van der Waals surface area contributed by atoms with Gasteiger partial charge in [0, 0.05) is 36.5 Å². The molecule has 0 spiro atoms. The minimum absolute atomic E-state index is 0.0290. The normalized spacial score (nSPS) is 12.2. The molecule has 0 aliphatic carbocycles. The molecule has 0 radical (unpaired) electrons. The number of ether oxygens (including phenoxy) is 3. The summed E-state index contributed by atoms with van der Waals surface area (Å²) in [6.07, 6.45) is 10.7. The molecule has 1 unspecified atom stereocenters. The molecule has 0 bridgehead atoms. The van der Waals surface area contributed by atoms with Crippen molar-refractivity contribution in [1.82, 2.24) is 0 Å². The molecule has 0 saturated heterocycles. The van der Waals surface area contributed by atoms with E-state index in [1.54, 1.807) is 12.1 Å². The lowest BCUT2D eigenvalue weighted by Gasteiger charge is -2.26. The summed E-state index contributed by atoms with van der Waals surface area (Å²) in [5, 5.41) is 28.3. The molecule has 12 heteroatoms. The maximum atomic E-state index is 13.0. The van der Waals surface area contributed by atoms with Gasteiger partial charge in [-0.2, -0.15) is 10.2 Å². The number of nitro benzene ring substituents is 1. The van der Waals surface area contributed by atoms with Gasteiger partial charge in [-0.1, -0.05) is 79.6 Å². The Morgan fingerprint density at radius 2 is 1.25 bits per heavy atom. The molecule has 0 N–H and O–H groups in total. The number of rotatable bonds is 24. The fourth-order valence-electron chi connectivity index (χ4n) is 5.93. The van der Waals surface area contributed by atoms with Gasteiger partial charge in [-0.15, -0.1) is 10.2 Å². The highest BCUT2D eigenvalue weighted by atomic mass is 16.6. The average Bonchev–Trinajstić information content (AvgIpc) is 3.15. The minimum atomic E-state index is -0.470. The highest BCUT2D eigenvalue weighted by Crippen LogP contribution is 2.41. The number of hydrogen-bond donors (Lipinski definition) is 0. The molecule has 3 rings (SSSR count). The first-order valence-corrected chi connectivity index (χ1v) is 18.9. The van der Waals surface area contributed by atoms with E-state index in [-0.39, 0.29) is 23.5 Å². The number of unbranched alkanes of at least 4 members (excludes halogenated alkanes) is 7. The van der Waals surface area contributed by atoms with E-state index in [1.165, 1.54) is 83.4 Å². The first-order valence-electron chi connectivity index (χ1n) is 18.9. The van der Waals surface area contributed by atoms with Gasteiger partial charge < -0.3 is 19.1 Å². The Balaban J connectivity index is 1.71. The summed E-state index contributed by atoms with van der Waals surface area (Å²) < 4.78 is 16.9. The van der Waals surface area contributed by atoms with Gasteiger partial charge in [0.1, 0.15) is 29.5 Å². The first-order chi connectivity index (χ1) is 25.6. The first kappa shape index (κ1) is 42.5. The minimum Gasteiger partial charge on any atom is -0.494 e. The van der Waals surface area contributed by atoms with Gasteiger partial charge in [-0.25, -0.2) is 0 Å². The van der Waals surface area contributed by atoms with Crippen LogP contribution >= 0.6 is 0 Å². The lowest BCUT2D eigenvalue weighted by Crippen LogP contribution is -2.31. The van der Waals surface area contributed by atoms with E-state index in [0.717, 1.165) is 25.1 Å². The van der Waals surface area contributed by atoms with Crippen molar-refractivity contribution in [3.8, 4) is 11.5 Å². The topological polar surface area (TPSA) is 141 Å². The number of nitro groups is 1. The fraction of sp³-hybridized carbons (Fsp3) is 0.537. The Morgan fingerprint density at radius 3 is 1.72 bits per heavy atom. The van der Waals surface area contributed by atoms with Crippen molar-refractivity contribution in [2.24, 2.45) is 38.2 Å². The molecular formula is C41H58N6O6. The number of esters is 1. The van der Waals surface area contributed by atoms with E-state index < -0.39 is 4.92 Å². The highest BCUT2D eigenvalue weighted by molar-refractivity contribution is 5.72. The lowest BCUT2D eigenvalue weighted by atomic mass is 9.88. The number of azo groups is 2. The van der Waals surface area contributed by atoms with E-state index in [0.29, 0.717) is 53.3 Å². The molecule has 288 valence electrons. The zero-order chi connectivity index (χ0) is 38.6. The van der Waals surface area contributed by atoms with Crippen LogP contribution in [0.3, 0.4) is 0 Å². The molecule has 0 aliphatic rings. The summed E-state index contributed by atoms with van der Waals surface area (Å²) in [6, 6.07) is 17.0. The molecule has 0 saturated carbocycles. The van der Waals surface area contributed by atoms with Crippen LogP contribution in [0.2, 0.25) is 0 Å². The number of carbonyl (C=O) groups is 1. The van der Waals surface area contributed by atoms with Gasteiger partial charge in [0.25, 0.3) is 5.69 Å². The van der Waals surface area contributed by atoms with Crippen LogP contribution < -0.4 is 14.4 Å². The van der Waals surface area contributed by atoms with E-state index in [1.807, 2.05) is 24.3 Å². The van der Waals surface area contributed by atoms with E-state index >= 15 is 0 Å². The third-order valence-electron chi connectivity index (χ3n) is 9.02. The van der Waals surface area contributed by atoms with Crippen molar-refractivity contribution in [2.45, 2.75) is 92.4 Å². The van der Waals surface area contributed by atoms with Gasteiger partial charge >= 0.3 is 5.97 Å². The second kappa shape index (κ2) is 22.9. The van der Waals surface area contributed by atoms with Gasteiger partial charge in [-0.3, -0.25) is 14.9 Å². The fourth-order valence-corrected chi connectivity index (χ4v) is 5.93. The van der Waals surface area contributed by atoms with Crippen LogP contribution in [0.5, 0.6) is 11.5 Å². The summed E-state index contributed by atoms with van der Waals surface area (Å²) >= 11 is 0. The van der Waals surface area contributed by atoms with Gasteiger partial charge in [0.15, 0.2) is 0 Å². The maximum absolute atomic E-state index is 13.0. The summed E-state index contributed by atoms with van der Waals surface area (Å²) in [6.45, 7) is 12.5. The number of hydrogen-bond acceptors (Lipinski definition) is 11. The number of anilines is 1. The molecule has 1 atom stereocenters. The molecule has 53 heavy (non-hydrogen) atoms. The van der Waals surface area contributed by atoms with Crippen LogP contribution in [0.15, 0.2) is 81.1 Å². The molecule has 3 aromatic carbocycles. The van der Waals surface area contributed by atoms with Crippen molar-refractivity contribution in [3.63, 3.8) is 0 Å². The largest absolute Gasteiger partial charge is 0.494 e. The smallest absolute Gasteiger partial charge is 0.309 e. The number of methoxy groups -OCH3 is 2. The third kappa shape index (κ3) is 14.6. The summed E-state index contributed by atoms with van der Waals surface area (Å²) in [7, 11) is 3.04. The summed E-state index contributed by atoms with van der Waals surface area (Å²) in [5.74, 6) is 1.29. The zero-order valence-corrected chi connectivity index (χ0v) is 32.6.